The second-order valence-electron chi connectivity index (χ2n) is 5.81. The first-order valence-corrected chi connectivity index (χ1v) is 8.49. The molecule has 6 heteroatoms. The number of ether oxygens (including phenoxy) is 1. The van der Waals surface area contributed by atoms with Crippen molar-refractivity contribution in [2.24, 2.45) is 5.92 Å². The zero-order chi connectivity index (χ0) is 17.1. The van der Waals surface area contributed by atoms with Crippen LogP contribution in [0.4, 0.5) is 10.5 Å². The van der Waals surface area contributed by atoms with E-state index in [0.717, 1.165) is 24.2 Å². The molecule has 1 fully saturated rings. The molecule has 0 bridgehead atoms. The van der Waals surface area contributed by atoms with Crippen LogP contribution in [0.5, 0.6) is 5.75 Å². The van der Waals surface area contributed by atoms with E-state index in [1.807, 2.05) is 24.3 Å². The lowest BCUT2D eigenvalue weighted by Gasteiger charge is -2.20. The van der Waals surface area contributed by atoms with Gasteiger partial charge in [-0.1, -0.05) is 35.3 Å². The summed E-state index contributed by atoms with van der Waals surface area (Å²) >= 11 is 12.0. The summed E-state index contributed by atoms with van der Waals surface area (Å²) in [6, 6.07) is 12.4. The molecule has 126 valence electrons. The van der Waals surface area contributed by atoms with Crippen LogP contribution in [0.15, 0.2) is 42.5 Å². The molecular weight excluding hydrogens is 347 g/mol. The summed E-state index contributed by atoms with van der Waals surface area (Å²) in [6.07, 6.45) is 2.21. The van der Waals surface area contributed by atoms with Crippen LogP contribution in [0.3, 0.4) is 0 Å². The second kappa shape index (κ2) is 7.32. The lowest BCUT2D eigenvalue weighted by molar-refractivity contribution is 0.247. The molecule has 2 aromatic rings. The third kappa shape index (κ3) is 4.13. The summed E-state index contributed by atoms with van der Waals surface area (Å²) in [4.78, 5) is 12.4. The Balaban J connectivity index is 1.71. The molecule has 1 aliphatic rings. The van der Waals surface area contributed by atoms with Crippen LogP contribution < -0.4 is 15.4 Å². The molecule has 2 N–H and O–H groups in total. The fraction of sp³-hybridized carbons (Fsp3) is 0.278. The standard InChI is InChI=1S/C18H18Cl2N2O2/c1-24-14-7-4-12(5-8-14)17(11-2-3-11)22-18(23)21-16-10-13(19)6-9-15(16)20/h4-11,17H,2-3H2,1H3,(H2,21,22,23). The number of nitrogens with one attached hydrogen (secondary N) is 2. The maximum Gasteiger partial charge on any atom is 0.319 e. The van der Waals surface area contributed by atoms with E-state index in [2.05, 4.69) is 10.6 Å². The Labute approximate surface area is 151 Å². The van der Waals surface area contributed by atoms with Gasteiger partial charge in [-0.05, 0) is 54.7 Å². The van der Waals surface area contributed by atoms with Crippen molar-refractivity contribution in [3.8, 4) is 5.75 Å². The minimum Gasteiger partial charge on any atom is -0.497 e. The molecule has 0 aromatic heterocycles. The normalized spacial score (nSPS) is 14.8. The molecule has 1 saturated carbocycles. The Hall–Kier alpha value is -1.91. The van der Waals surface area contributed by atoms with Crippen molar-refractivity contribution in [2.75, 3.05) is 12.4 Å². The van der Waals surface area contributed by atoms with Gasteiger partial charge < -0.3 is 15.4 Å². The van der Waals surface area contributed by atoms with Crippen molar-refractivity contribution in [2.45, 2.75) is 18.9 Å². The summed E-state index contributed by atoms with van der Waals surface area (Å²) in [6.45, 7) is 0. The number of hydrogen-bond acceptors (Lipinski definition) is 2. The number of carbonyl (C=O) groups excluding carboxylic acids is 1. The van der Waals surface area contributed by atoms with E-state index < -0.39 is 0 Å². The van der Waals surface area contributed by atoms with Crippen molar-refractivity contribution in [3.63, 3.8) is 0 Å². The van der Waals surface area contributed by atoms with Crippen LogP contribution in [-0.4, -0.2) is 13.1 Å². The van der Waals surface area contributed by atoms with Gasteiger partial charge in [0.1, 0.15) is 5.75 Å². The predicted octanol–water partition coefficient (Wildman–Crippen LogP) is 5.27. The number of anilines is 1. The Morgan fingerprint density at radius 3 is 2.50 bits per heavy atom. The summed E-state index contributed by atoms with van der Waals surface area (Å²) in [7, 11) is 1.63. The van der Waals surface area contributed by atoms with E-state index in [0.29, 0.717) is 21.7 Å². The summed E-state index contributed by atoms with van der Waals surface area (Å²) in [5, 5.41) is 6.76. The highest BCUT2D eigenvalue weighted by molar-refractivity contribution is 6.35. The number of hydrogen-bond donors (Lipinski definition) is 2. The van der Waals surface area contributed by atoms with Crippen LogP contribution in [0, 0.1) is 5.92 Å². The molecule has 3 rings (SSSR count). The molecule has 0 heterocycles. The first kappa shape index (κ1) is 16.9. The number of halogens is 2. The molecule has 0 aliphatic heterocycles. The lowest BCUT2D eigenvalue weighted by atomic mass is 10.0. The molecule has 1 aliphatic carbocycles. The van der Waals surface area contributed by atoms with Gasteiger partial charge in [0.2, 0.25) is 0 Å². The molecule has 0 spiro atoms. The van der Waals surface area contributed by atoms with E-state index in [1.54, 1.807) is 25.3 Å². The maximum atomic E-state index is 12.4. The number of urea groups is 1. The minimum absolute atomic E-state index is 0.0335. The molecule has 1 unspecified atom stereocenters. The zero-order valence-electron chi connectivity index (χ0n) is 13.2. The van der Waals surface area contributed by atoms with Gasteiger partial charge in [0.25, 0.3) is 0 Å². The highest BCUT2D eigenvalue weighted by Gasteiger charge is 2.33. The molecule has 24 heavy (non-hydrogen) atoms. The first-order chi connectivity index (χ1) is 11.6. The second-order valence-corrected chi connectivity index (χ2v) is 6.65. The maximum absolute atomic E-state index is 12.4. The Morgan fingerprint density at radius 2 is 1.88 bits per heavy atom. The van der Waals surface area contributed by atoms with Gasteiger partial charge in [0.15, 0.2) is 0 Å². The smallest absolute Gasteiger partial charge is 0.319 e. The van der Waals surface area contributed by atoms with E-state index in [4.69, 9.17) is 27.9 Å². The summed E-state index contributed by atoms with van der Waals surface area (Å²) in [5.41, 5.74) is 1.55. The summed E-state index contributed by atoms with van der Waals surface area (Å²) < 4.78 is 5.18. The van der Waals surface area contributed by atoms with Crippen molar-refractivity contribution in [3.05, 3.63) is 58.1 Å². The van der Waals surface area contributed by atoms with Crippen molar-refractivity contribution >= 4 is 34.9 Å². The van der Waals surface area contributed by atoms with Crippen LogP contribution in [0.25, 0.3) is 0 Å². The van der Waals surface area contributed by atoms with Gasteiger partial charge in [-0.2, -0.15) is 0 Å². The monoisotopic (exact) mass is 364 g/mol. The van der Waals surface area contributed by atoms with E-state index in [9.17, 15) is 4.79 Å². The Morgan fingerprint density at radius 1 is 1.17 bits per heavy atom. The Kier molecular flexibility index (Phi) is 5.17. The third-order valence-corrected chi connectivity index (χ3v) is 4.60. The highest BCUT2D eigenvalue weighted by Crippen LogP contribution is 2.41. The van der Waals surface area contributed by atoms with E-state index in [1.165, 1.54) is 0 Å². The fourth-order valence-electron chi connectivity index (χ4n) is 2.61. The van der Waals surface area contributed by atoms with Gasteiger partial charge in [-0.3, -0.25) is 0 Å². The van der Waals surface area contributed by atoms with E-state index in [-0.39, 0.29) is 12.1 Å². The van der Waals surface area contributed by atoms with Crippen LogP contribution in [0.1, 0.15) is 24.4 Å². The minimum atomic E-state index is -0.299. The number of benzene rings is 2. The van der Waals surface area contributed by atoms with Gasteiger partial charge in [0, 0.05) is 5.02 Å². The van der Waals surface area contributed by atoms with Crippen LogP contribution in [0.2, 0.25) is 10.0 Å². The average molecular weight is 365 g/mol. The predicted molar refractivity (Wildman–Crippen MR) is 97.1 cm³/mol. The first-order valence-electron chi connectivity index (χ1n) is 7.73. The van der Waals surface area contributed by atoms with E-state index >= 15 is 0 Å². The lowest BCUT2D eigenvalue weighted by Crippen LogP contribution is -2.33. The van der Waals surface area contributed by atoms with Gasteiger partial charge in [-0.25, -0.2) is 4.79 Å². The molecule has 2 aromatic carbocycles. The number of methoxy groups -OCH3 is 1. The van der Waals surface area contributed by atoms with Crippen molar-refractivity contribution in [1.82, 2.24) is 5.32 Å². The third-order valence-electron chi connectivity index (χ3n) is 4.03. The molecular formula is C18H18Cl2N2O2. The number of amides is 2. The number of rotatable bonds is 5. The molecule has 4 nitrogen and oxygen atoms in total. The molecule has 0 saturated heterocycles. The Bertz CT molecular complexity index is 730. The average Bonchev–Trinajstić information content (AvgIpc) is 3.41. The largest absolute Gasteiger partial charge is 0.497 e. The zero-order valence-corrected chi connectivity index (χ0v) is 14.7. The quantitative estimate of drug-likeness (QED) is 0.758. The molecule has 2 amide bonds. The van der Waals surface area contributed by atoms with Crippen LogP contribution in [-0.2, 0) is 0 Å². The SMILES string of the molecule is COc1ccc(C(NC(=O)Nc2cc(Cl)ccc2Cl)C2CC2)cc1. The van der Waals surface area contributed by atoms with Gasteiger partial charge >= 0.3 is 6.03 Å². The molecule has 1 atom stereocenters. The van der Waals surface area contributed by atoms with Gasteiger partial charge in [0.05, 0.1) is 23.9 Å². The highest BCUT2D eigenvalue weighted by atomic mass is 35.5. The fourth-order valence-corrected chi connectivity index (χ4v) is 2.94. The topological polar surface area (TPSA) is 50.4 Å². The number of carbonyl (C=O) groups is 1. The van der Waals surface area contributed by atoms with Crippen LogP contribution >= 0.6 is 23.2 Å². The molecule has 0 radical (unpaired) electrons. The van der Waals surface area contributed by atoms with Crippen molar-refractivity contribution < 1.29 is 9.53 Å². The van der Waals surface area contributed by atoms with Gasteiger partial charge in [-0.15, -0.1) is 0 Å². The summed E-state index contributed by atoms with van der Waals surface area (Å²) in [5.74, 6) is 1.25. The van der Waals surface area contributed by atoms with Crippen molar-refractivity contribution in [1.29, 1.82) is 0 Å².